The van der Waals surface area contributed by atoms with Gasteiger partial charge in [-0.2, -0.15) is 0 Å². The lowest BCUT2D eigenvalue weighted by molar-refractivity contribution is 0.184. The fourth-order valence-electron chi connectivity index (χ4n) is 1.86. The SMILES string of the molecule is CCNc1ncnc(Oc2cccc(COC)c2)c1C. The molecule has 1 N–H and O–H groups in total. The van der Waals surface area contributed by atoms with Crippen molar-refractivity contribution in [3.05, 3.63) is 41.7 Å². The number of aromatic nitrogens is 2. The molecule has 20 heavy (non-hydrogen) atoms. The average molecular weight is 273 g/mol. The van der Waals surface area contributed by atoms with E-state index < -0.39 is 0 Å². The van der Waals surface area contributed by atoms with Gasteiger partial charge in [0, 0.05) is 13.7 Å². The summed E-state index contributed by atoms with van der Waals surface area (Å²) in [5, 5.41) is 3.18. The van der Waals surface area contributed by atoms with Crippen LogP contribution in [0, 0.1) is 6.92 Å². The topological polar surface area (TPSA) is 56.3 Å². The van der Waals surface area contributed by atoms with Crippen molar-refractivity contribution in [3.63, 3.8) is 0 Å². The number of hydrogen-bond donors (Lipinski definition) is 1. The summed E-state index contributed by atoms with van der Waals surface area (Å²) >= 11 is 0. The summed E-state index contributed by atoms with van der Waals surface area (Å²) in [6, 6.07) is 7.77. The van der Waals surface area contributed by atoms with Crippen molar-refractivity contribution >= 4 is 5.82 Å². The summed E-state index contributed by atoms with van der Waals surface area (Å²) in [5.74, 6) is 2.10. The summed E-state index contributed by atoms with van der Waals surface area (Å²) in [6.07, 6.45) is 1.50. The van der Waals surface area contributed by atoms with E-state index in [9.17, 15) is 0 Å². The van der Waals surface area contributed by atoms with Crippen LogP contribution in [0.4, 0.5) is 5.82 Å². The Bertz CT molecular complexity index is 573. The predicted octanol–water partition coefficient (Wildman–Crippen LogP) is 3.16. The molecular weight excluding hydrogens is 254 g/mol. The van der Waals surface area contributed by atoms with E-state index in [4.69, 9.17) is 9.47 Å². The first-order chi connectivity index (χ1) is 9.74. The summed E-state index contributed by atoms with van der Waals surface area (Å²) in [5.41, 5.74) is 1.95. The maximum Gasteiger partial charge on any atom is 0.227 e. The molecule has 2 aromatic rings. The molecule has 5 heteroatoms. The Morgan fingerprint density at radius 3 is 2.85 bits per heavy atom. The number of anilines is 1. The van der Waals surface area contributed by atoms with Crippen molar-refractivity contribution in [1.82, 2.24) is 9.97 Å². The molecule has 0 fully saturated rings. The number of benzene rings is 1. The van der Waals surface area contributed by atoms with Gasteiger partial charge in [0.05, 0.1) is 12.2 Å². The van der Waals surface area contributed by atoms with Crippen LogP contribution < -0.4 is 10.1 Å². The number of nitrogens with zero attached hydrogens (tertiary/aromatic N) is 2. The number of rotatable bonds is 6. The van der Waals surface area contributed by atoms with E-state index in [2.05, 4.69) is 15.3 Å². The van der Waals surface area contributed by atoms with Crippen molar-refractivity contribution in [2.24, 2.45) is 0 Å². The predicted molar refractivity (Wildman–Crippen MR) is 78.2 cm³/mol. The molecule has 2 rings (SSSR count). The molecule has 0 radical (unpaired) electrons. The van der Waals surface area contributed by atoms with Gasteiger partial charge in [-0.15, -0.1) is 0 Å². The molecule has 1 aromatic carbocycles. The second-order valence-electron chi connectivity index (χ2n) is 4.37. The quantitative estimate of drug-likeness (QED) is 0.876. The standard InChI is InChI=1S/C15H19N3O2/c1-4-16-14-11(2)15(18-10-17-14)20-13-7-5-6-12(8-13)9-19-3/h5-8,10H,4,9H2,1-3H3,(H,16,17,18). The number of ether oxygens (including phenoxy) is 2. The molecule has 106 valence electrons. The molecule has 0 spiro atoms. The van der Waals surface area contributed by atoms with Crippen LogP contribution in [0.15, 0.2) is 30.6 Å². The largest absolute Gasteiger partial charge is 0.439 e. The lowest BCUT2D eigenvalue weighted by Gasteiger charge is -2.11. The van der Waals surface area contributed by atoms with Gasteiger partial charge in [-0.05, 0) is 31.5 Å². The Morgan fingerprint density at radius 1 is 1.25 bits per heavy atom. The van der Waals surface area contributed by atoms with E-state index in [0.717, 1.165) is 29.2 Å². The molecule has 0 aliphatic carbocycles. The van der Waals surface area contributed by atoms with Gasteiger partial charge in [-0.3, -0.25) is 0 Å². The van der Waals surface area contributed by atoms with E-state index in [1.807, 2.05) is 38.1 Å². The molecular formula is C15H19N3O2. The Kier molecular flexibility index (Phi) is 4.90. The lowest BCUT2D eigenvalue weighted by Crippen LogP contribution is -2.03. The van der Waals surface area contributed by atoms with Gasteiger partial charge in [0.25, 0.3) is 0 Å². The van der Waals surface area contributed by atoms with Crippen LogP contribution in [0.25, 0.3) is 0 Å². The smallest absolute Gasteiger partial charge is 0.227 e. The van der Waals surface area contributed by atoms with Crippen LogP contribution in [0.3, 0.4) is 0 Å². The molecule has 1 aromatic heterocycles. The van der Waals surface area contributed by atoms with Crippen LogP contribution >= 0.6 is 0 Å². The molecule has 0 aliphatic heterocycles. The van der Waals surface area contributed by atoms with Gasteiger partial charge in [0.15, 0.2) is 0 Å². The third-order valence-corrected chi connectivity index (χ3v) is 2.81. The normalized spacial score (nSPS) is 10.3. The van der Waals surface area contributed by atoms with Gasteiger partial charge in [0.1, 0.15) is 17.9 Å². The molecule has 0 saturated heterocycles. The maximum atomic E-state index is 5.84. The number of methoxy groups -OCH3 is 1. The summed E-state index contributed by atoms with van der Waals surface area (Å²) in [6.45, 7) is 5.33. The minimum Gasteiger partial charge on any atom is -0.439 e. The molecule has 0 amide bonds. The Balaban J connectivity index is 2.21. The fraction of sp³-hybridized carbons (Fsp3) is 0.333. The van der Waals surface area contributed by atoms with Gasteiger partial charge in [-0.25, -0.2) is 9.97 Å². The highest BCUT2D eigenvalue weighted by Gasteiger charge is 2.08. The highest BCUT2D eigenvalue weighted by atomic mass is 16.5. The van der Waals surface area contributed by atoms with E-state index in [1.165, 1.54) is 6.33 Å². The first kappa shape index (κ1) is 14.3. The molecule has 0 unspecified atom stereocenters. The van der Waals surface area contributed by atoms with Crippen LogP contribution in [0.5, 0.6) is 11.6 Å². The second kappa shape index (κ2) is 6.86. The molecule has 1 heterocycles. The number of hydrogen-bond acceptors (Lipinski definition) is 5. The highest BCUT2D eigenvalue weighted by molar-refractivity contribution is 5.48. The summed E-state index contributed by atoms with van der Waals surface area (Å²) < 4.78 is 11.0. The minimum atomic E-state index is 0.558. The third-order valence-electron chi connectivity index (χ3n) is 2.81. The van der Waals surface area contributed by atoms with Gasteiger partial charge in [0.2, 0.25) is 5.88 Å². The van der Waals surface area contributed by atoms with E-state index >= 15 is 0 Å². The van der Waals surface area contributed by atoms with Crippen LogP contribution in [-0.2, 0) is 11.3 Å². The second-order valence-corrected chi connectivity index (χ2v) is 4.37. The van der Waals surface area contributed by atoms with Crippen LogP contribution in [0.2, 0.25) is 0 Å². The lowest BCUT2D eigenvalue weighted by atomic mass is 10.2. The van der Waals surface area contributed by atoms with Gasteiger partial charge >= 0.3 is 0 Å². The van der Waals surface area contributed by atoms with E-state index in [-0.39, 0.29) is 0 Å². The minimum absolute atomic E-state index is 0.558. The molecule has 5 nitrogen and oxygen atoms in total. The van der Waals surface area contributed by atoms with Crippen molar-refractivity contribution in [1.29, 1.82) is 0 Å². The van der Waals surface area contributed by atoms with Gasteiger partial charge < -0.3 is 14.8 Å². The zero-order valence-electron chi connectivity index (χ0n) is 12.0. The van der Waals surface area contributed by atoms with E-state index in [1.54, 1.807) is 7.11 Å². The van der Waals surface area contributed by atoms with Crippen molar-refractivity contribution in [2.45, 2.75) is 20.5 Å². The molecule has 0 bridgehead atoms. The fourth-order valence-corrected chi connectivity index (χ4v) is 1.86. The van der Waals surface area contributed by atoms with Crippen LogP contribution in [0.1, 0.15) is 18.1 Å². The van der Waals surface area contributed by atoms with Crippen molar-refractivity contribution in [2.75, 3.05) is 19.0 Å². The zero-order valence-corrected chi connectivity index (χ0v) is 12.0. The molecule has 0 aliphatic rings. The Morgan fingerprint density at radius 2 is 2.10 bits per heavy atom. The Hall–Kier alpha value is -2.14. The van der Waals surface area contributed by atoms with E-state index in [0.29, 0.717) is 12.5 Å². The van der Waals surface area contributed by atoms with Crippen molar-refractivity contribution in [3.8, 4) is 11.6 Å². The van der Waals surface area contributed by atoms with Crippen molar-refractivity contribution < 1.29 is 9.47 Å². The number of nitrogens with one attached hydrogen (secondary N) is 1. The highest BCUT2D eigenvalue weighted by Crippen LogP contribution is 2.26. The monoisotopic (exact) mass is 273 g/mol. The van der Waals surface area contributed by atoms with Crippen LogP contribution in [-0.4, -0.2) is 23.6 Å². The average Bonchev–Trinajstić information content (AvgIpc) is 2.44. The summed E-state index contributed by atoms with van der Waals surface area (Å²) in [7, 11) is 1.67. The maximum absolute atomic E-state index is 5.84. The summed E-state index contributed by atoms with van der Waals surface area (Å²) in [4.78, 5) is 8.38. The molecule has 0 saturated carbocycles. The zero-order chi connectivity index (χ0) is 14.4. The van der Waals surface area contributed by atoms with Gasteiger partial charge in [-0.1, -0.05) is 12.1 Å². The first-order valence-corrected chi connectivity index (χ1v) is 6.55. The first-order valence-electron chi connectivity index (χ1n) is 6.55. The Labute approximate surface area is 119 Å². The molecule has 0 atom stereocenters. The third kappa shape index (κ3) is 3.45.